The first-order chi connectivity index (χ1) is 9.16. The first kappa shape index (κ1) is 12.2. The van der Waals surface area contributed by atoms with Crippen molar-refractivity contribution in [1.82, 2.24) is 9.88 Å². The fourth-order valence-corrected chi connectivity index (χ4v) is 3.49. The molecule has 1 aliphatic heterocycles. The number of hydrogen-bond acceptors (Lipinski definition) is 3. The molecule has 5 heteroatoms. The van der Waals surface area contributed by atoms with Crippen LogP contribution < -0.4 is 5.56 Å². The van der Waals surface area contributed by atoms with Gasteiger partial charge in [-0.15, -0.1) is 11.3 Å². The maximum absolute atomic E-state index is 12.5. The molecule has 3 heterocycles. The van der Waals surface area contributed by atoms with Gasteiger partial charge in [0.15, 0.2) is 0 Å². The van der Waals surface area contributed by atoms with E-state index in [1.165, 1.54) is 22.7 Å². The Morgan fingerprint density at radius 1 is 1.47 bits per heavy atom. The molecule has 1 aliphatic rings. The quantitative estimate of drug-likeness (QED) is 0.866. The first-order valence-corrected chi connectivity index (χ1v) is 7.11. The highest BCUT2D eigenvalue weighted by molar-refractivity contribution is 7.10. The summed E-state index contributed by atoms with van der Waals surface area (Å²) in [7, 11) is 0. The van der Waals surface area contributed by atoms with Crippen LogP contribution in [0.2, 0.25) is 0 Å². The summed E-state index contributed by atoms with van der Waals surface area (Å²) in [4.78, 5) is 29.5. The maximum atomic E-state index is 12.5. The number of rotatable bonds is 1. The smallest absolute Gasteiger partial charge is 0.254 e. The lowest BCUT2D eigenvalue weighted by Gasteiger charge is -2.33. The molecule has 1 amide bonds. The molecule has 1 N–H and O–H groups in total. The molecule has 0 fully saturated rings. The molecule has 0 bridgehead atoms. The molecule has 2 aromatic heterocycles. The second-order valence-corrected chi connectivity index (χ2v) is 5.67. The van der Waals surface area contributed by atoms with E-state index in [1.54, 1.807) is 17.4 Å². The summed E-state index contributed by atoms with van der Waals surface area (Å²) in [6.07, 6.45) is 2.41. The highest BCUT2D eigenvalue weighted by atomic mass is 32.1. The van der Waals surface area contributed by atoms with Crippen molar-refractivity contribution in [3.05, 3.63) is 56.1 Å². The molecule has 0 saturated heterocycles. The van der Waals surface area contributed by atoms with Gasteiger partial charge in [-0.05, 0) is 36.4 Å². The number of carbonyl (C=O) groups excluding carboxylic acids is 1. The van der Waals surface area contributed by atoms with Crippen LogP contribution in [0, 0.1) is 0 Å². The van der Waals surface area contributed by atoms with Crippen molar-refractivity contribution in [3.8, 4) is 0 Å². The zero-order valence-electron chi connectivity index (χ0n) is 10.6. The number of fused-ring (bicyclic) bond motifs is 1. The Kier molecular flexibility index (Phi) is 2.98. The summed E-state index contributed by atoms with van der Waals surface area (Å²) in [6.45, 7) is 2.75. The first-order valence-electron chi connectivity index (χ1n) is 6.23. The fraction of sp³-hybridized carbons (Fsp3) is 0.286. The van der Waals surface area contributed by atoms with Crippen molar-refractivity contribution in [1.29, 1.82) is 0 Å². The molecule has 19 heavy (non-hydrogen) atoms. The van der Waals surface area contributed by atoms with Crippen LogP contribution in [0.5, 0.6) is 0 Å². The molecule has 1 unspecified atom stereocenters. The van der Waals surface area contributed by atoms with E-state index in [1.807, 2.05) is 11.8 Å². The molecule has 2 aromatic rings. The Morgan fingerprint density at radius 2 is 2.32 bits per heavy atom. The molecular formula is C14H14N2O2S. The Balaban J connectivity index is 1.92. The molecule has 0 aliphatic carbocycles. The number of nitrogens with zero attached hydrogens (tertiary/aromatic N) is 1. The number of carbonyl (C=O) groups is 1. The van der Waals surface area contributed by atoms with Crippen LogP contribution in [0.1, 0.15) is 33.8 Å². The van der Waals surface area contributed by atoms with Gasteiger partial charge in [0, 0.05) is 29.2 Å². The summed E-state index contributed by atoms with van der Waals surface area (Å²) < 4.78 is 0. The van der Waals surface area contributed by atoms with Crippen LogP contribution in [-0.2, 0) is 6.42 Å². The predicted molar refractivity (Wildman–Crippen MR) is 74.5 cm³/mol. The third kappa shape index (κ3) is 2.10. The molecule has 0 spiro atoms. The lowest BCUT2D eigenvalue weighted by molar-refractivity contribution is 0.0679. The van der Waals surface area contributed by atoms with Gasteiger partial charge >= 0.3 is 0 Å². The van der Waals surface area contributed by atoms with Crippen molar-refractivity contribution in [3.63, 3.8) is 0 Å². The van der Waals surface area contributed by atoms with Crippen molar-refractivity contribution in [2.45, 2.75) is 19.4 Å². The van der Waals surface area contributed by atoms with E-state index < -0.39 is 0 Å². The van der Waals surface area contributed by atoms with E-state index in [-0.39, 0.29) is 17.5 Å². The molecule has 3 rings (SSSR count). The van der Waals surface area contributed by atoms with Crippen molar-refractivity contribution < 1.29 is 4.79 Å². The van der Waals surface area contributed by atoms with Gasteiger partial charge in [0.25, 0.3) is 5.91 Å². The molecule has 98 valence electrons. The van der Waals surface area contributed by atoms with Gasteiger partial charge < -0.3 is 9.88 Å². The van der Waals surface area contributed by atoms with E-state index in [0.29, 0.717) is 12.1 Å². The van der Waals surface area contributed by atoms with Gasteiger partial charge in [0.2, 0.25) is 5.56 Å². The molecule has 1 atom stereocenters. The van der Waals surface area contributed by atoms with Crippen LogP contribution in [0.25, 0.3) is 0 Å². The summed E-state index contributed by atoms with van der Waals surface area (Å²) in [6, 6.07) is 5.17. The van der Waals surface area contributed by atoms with Crippen molar-refractivity contribution >= 4 is 17.2 Å². The van der Waals surface area contributed by atoms with Crippen LogP contribution in [0.3, 0.4) is 0 Å². The van der Waals surface area contributed by atoms with Gasteiger partial charge in [-0.1, -0.05) is 0 Å². The zero-order valence-corrected chi connectivity index (χ0v) is 11.4. The Hall–Kier alpha value is -1.88. The highest BCUT2D eigenvalue weighted by Gasteiger charge is 2.28. The Labute approximate surface area is 114 Å². The normalized spacial score (nSPS) is 18.2. The molecule has 0 saturated carbocycles. The standard InChI is InChI=1S/C14H14N2O2S/c1-9-11-4-7-19-12(11)3-6-16(9)14(18)10-2-5-15-13(17)8-10/h2,4-5,7-9H,3,6H2,1H3,(H,15,17). The highest BCUT2D eigenvalue weighted by Crippen LogP contribution is 2.33. The SMILES string of the molecule is CC1c2ccsc2CCN1C(=O)c1cc[nH]c(=O)c1. The number of nitrogens with one attached hydrogen (secondary N) is 1. The molecular weight excluding hydrogens is 260 g/mol. The van der Waals surface area contributed by atoms with E-state index in [4.69, 9.17) is 0 Å². The Bertz CT molecular complexity index is 674. The van der Waals surface area contributed by atoms with E-state index in [2.05, 4.69) is 16.4 Å². The topological polar surface area (TPSA) is 53.2 Å². The minimum absolute atomic E-state index is 0.0711. The number of hydrogen-bond donors (Lipinski definition) is 1. The van der Waals surface area contributed by atoms with Gasteiger partial charge in [0.1, 0.15) is 0 Å². The van der Waals surface area contributed by atoms with Crippen LogP contribution in [0.4, 0.5) is 0 Å². The predicted octanol–water partition coefficient (Wildman–Crippen LogP) is 2.20. The average molecular weight is 274 g/mol. The third-order valence-electron chi connectivity index (χ3n) is 3.56. The minimum Gasteiger partial charge on any atom is -0.331 e. The van der Waals surface area contributed by atoms with Crippen molar-refractivity contribution in [2.75, 3.05) is 6.54 Å². The average Bonchev–Trinajstić information content (AvgIpc) is 2.88. The molecule has 0 aromatic carbocycles. The molecule has 4 nitrogen and oxygen atoms in total. The maximum Gasteiger partial charge on any atom is 0.254 e. The van der Waals surface area contributed by atoms with Crippen LogP contribution >= 0.6 is 11.3 Å². The van der Waals surface area contributed by atoms with Gasteiger partial charge in [-0.3, -0.25) is 9.59 Å². The zero-order chi connectivity index (χ0) is 13.4. The number of aromatic nitrogens is 1. The molecule has 0 radical (unpaired) electrons. The number of thiophene rings is 1. The number of H-pyrrole nitrogens is 1. The fourth-order valence-electron chi connectivity index (χ4n) is 2.53. The largest absolute Gasteiger partial charge is 0.331 e. The van der Waals surface area contributed by atoms with E-state index in [9.17, 15) is 9.59 Å². The van der Waals surface area contributed by atoms with E-state index >= 15 is 0 Å². The monoisotopic (exact) mass is 274 g/mol. The third-order valence-corrected chi connectivity index (χ3v) is 4.56. The van der Waals surface area contributed by atoms with Crippen LogP contribution in [0.15, 0.2) is 34.6 Å². The summed E-state index contributed by atoms with van der Waals surface area (Å²) >= 11 is 1.75. The van der Waals surface area contributed by atoms with E-state index in [0.717, 1.165) is 6.42 Å². The number of aromatic amines is 1. The number of amides is 1. The number of pyridine rings is 1. The van der Waals surface area contributed by atoms with Crippen LogP contribution in [-0.4, -0.2) is 22.3 Å². The second kappa shape index (κ2) is 4.66. The van der Waals surface area contributed by atoms with Gasteiger partial charge in [0.05, 0.1) is 6.04 Å². The lowest BCUT2D eigenvalue weighted by Crippen LogP contribution is -2.38. The second-order valence-electron chi connectivity index (χ2n) is 4.67. The van der Waals surface area contributed by atoms with Crippen molar-refractivity contribution in [2.24, 2.45) is 0 Å². The summed E-state index contributed by atoms with van der Waals surface area (Å²) in [5, 5.41) is 2.07. The van der Waals surface area contributed by atoms with Gasteiger partial charge in [-0.2, -0.15) is 0 Å². The Morgan fingerprint density at radius 3 is 3.11 bits per heavy atom. The van der Waals surface area contributed by atoms with Gasteiger partial charge in [-0.25, -0.2) is 0 Å². The summed E-state index contributed by atoms with van der Waals surface area (Å²) in [5.41, 5.74) is 1.44. The summed E-state index contributed by atoms with van der Waals surface area (Å²) in [5.74, 6) is -0.0737. The minimum atomic E-state index is -0.244. The lowest BCUT2D eigenvalue weighted by atomic mass is 10.0.